The van der Waals surface area contributed by atoms with Gasteiger partial charge in [0, 0.05) is 43.9 Å². The van der Waals surface area contributed by atoms with Crippen molar-refractivity contribution >= 4 is 17.6 Å². The van der Waals surface area contributed by atoms with Gasteiger partial charge < -0.3 is 19.4 Å². The van der Waals surface area contributed by atoms with E-state index in [1.165, 1.54) is 5.56 Å². The predicted octanol–water partition coefficient (Wildman–Crippen LogP) is 5.66. The summed E-state index contributed by atoms with van der Waals surface area (Å²) in [4.78, 5) is 32.4. The molecule has 0 unspecified atom stereocenters. The largest absolute Gasteiger partial charge is 0.497 e. The number of carbonyl (C=O) groups is 2. The van der Waals surface area contributed by atoms with Gasteiger partial charge in [0.25, 0.3) is 5.91 Å². The summed E-state index contributed by atoms with van der Waals surface area (Å²) in [6, 6.07) is 29.7. The topological polar surface area (TPSA) is 78.9 Å². The first-order valence-electron chi connectivity index (χ1n) is 14.9. The van der Waals surface area contributed by atoms with Gasteiger partial charge in [-0.1, -0.05) is 74.9 Å². The predicted molar refractivity (Wildman–Crippen MR) is 170 cm³/mol. The third kappa shape index (κ3) is 7.38. The first-order chi connectivity index (χ1) is 20.9. The molecule has 1 atom stereocenters. The normalized spacial score (nSPS) is 13.8. The Balaban J connectivity index is 1.17. The van der Waals surface area contributed by atoms with Crippen LogP contribution in [0.15, 0.2) is 91.0 Å². The fourth-order valence-corrected chi connectivity index (χ4v) is 5.20. The molecule has 0 radical (unpaired) electrons. The van der Waals surface area contributed by atoms with Crippen LogP contribution in [-0.4, -0.2) is 78.2 Å². The molecule has 8 heteroatoms. The number of aromatic nitrogens is 2. The molecule has 0 saturated carbocycles. The zero-order valence-corrected chi connectivity index (χ0v) is 25.1. The van der Waals surface area contributed by atoms with Crippen LogP contribution in [0.5, 0.6) is 5.75 Å². The molecule has 2 amide bonds. The number of hydrogen-bond acceptors (Lipinski definition) is 6. The van der Waals surface area contributed by atoms with E-state index < -0.39 is 0 Å². The van der Waals surface area contributed by atoms with Crippen molar-refractivity contribution in [2.24, 2.45) is 5.92 Å². The highest BCUT2D eigenvalue weighted by atomic mass is 16.5. The molecule has 4 aromatic rings. The second-order valence-corrected chi connectivity index (χ2v) is 11.0. The summed E-state index contributed by atoms with van der Waals surface area (Å²) in [5.41, 5.74) is 4.73. The molecular formula is C35H39N5O3. The minimum Gasteiger partial charge on any atom is -0.497 e. The third-order valence-corrected chi connectivity index (χ3v) is 8.07. The zero-order chi connectivity index (χ0) is 30.2. The second-order valence-electron chi connectivity index (χ2n) is 11.0. The standard InChI is InChI=1S/C35H39N5O3/c1-4-26(2)24-40(35(42)30-14-16-31(43-3)17-15-30)25-34(41)39-22-20-38(21-23-39)33-19-18-32(36-37-33)29-12-10-28(11-13-29)27-8-6-5-7-9-27/h5-19,26H,4,20-25H2,1-3H3/t26-/m0/s1. The number of benzene rings is 3. The fourth-order valence-electron chi connectivity index (χ4n) is 5.20. The number of nitrogens with zero attached hydrogens (tertiary/aromatic N) is 5. The summed E-state index contributed by atoms with van der Waals surface area (Å²) in [7, 11) is 1.60. The van der Waals surface area contributed by atoms with E-state index in [-0.39, 0.29) is 24.3 Å². The number of rotatable bonds is 10. The van der Waals surface area contributed by atoms with Crippen molar-refractivity contribution in [2.45, 2.75) is 20.3 Å². The summed E-state index contributed by atoms with van der Waals surface area (Å²) >= 11 is 0. The van der Waals surface area contributed by atoms with Crippen LogP contribution in [0.3, 0.4) is 0 Å². The molecule has 0 bridgehead atoms. The van der Waals surface area contributed by atoms with Crippen LogP contribution < -0.4 is 9.64 Å². The van der Waals surface area contributed by atoms with Crippen molar-refractivity contribution < 1.29 is 14.3 Å². The van der Waals surface area contributed by atoms with Crippen LogP contribution in [0.4, 0.5) is 5.82 Å². The molecule has 1 saturated heterocycles. The van der Waals surface area contributed by atoms with Gasteiger partial charge in [0.1, 0.15) is 12.3 Å². The molecule has 0 N–H and O–H groups in total. The van der Waals surface area contributed by atoms with Gasteiger partial charge in [-0.2, -0.15) is 0 Å². The Hall–Kier alpha value is -4.72. The summed E-state index contributed by atoms with van der Waals surface area (Å²) in [6.45, 7) is 7.24. The molecule has 8 nitrogen and oxygen atoms in total. The van der Waals surface area contributed by atoms with Crippen LogP contribution in [-0.2, 0) is 4.79 Å². The third-order valence-electron chi connectivity index (χ3n) is 8.07. The van der Waals surface area contributed by atoms with E-state index in [2.05, 4.69) is 65.3 Å². The average Bonchev–Trinajstić information content (AvgIpc) is 3.08. The molecule has 1 aliphatic rings. The van der Waals surface area contributed by atoms with Gasteiger partial charge in [0.05, 0.1) is 12.8 Å². The van der Waals surface area contributed by atoms with E-state index in [0.29, 0.717) is 44.0 Å². The van der Waals surface area contributed by atoms with Crippen molar-refractivity contribution in [2.75, 3.05) is 51.3 Å². The lowest BCUT2D eigenvalue weighted by molar-refractivity contribution is -0.132. The maximum atomic E-state index is 13.4. The van der Waals surface area contributed by atoms with E-state index in [0.717, 1.165) is 29.1 Å². The Kier molecular flexibility index (Phi) is 9.66. The molecule has 3 aromatic carbocycles. The summed E-state index contributed by atoms with van der Waals surface area (Å²) in [5.74, 6) is 1.60. The highest BCUT2D eigenvalue weighted by Gasteiger charge is 2.26. The number of carbonyl (C=O) groups excluding carboxylic acids is 2. The van der Waals surface area contributed by atoms with Crippen LogP contribution in [0.25, 0.3) is 22.4 Å². The lowest BCUT2D eigenvalue weighted by Crippen LogP contribution is -2.52. The van der Waals surface area contributed by atoms with Crippen LogP contribution >= 0.6 is 0 Å². The molecule has 1 aliphatic heterocycles. The van der Waals surface area contributed by atoms with E-state index in [4.69, 9.17) is 4.74 Å². The van der Waals surface area contributed by atoms with Crippen molar-refractivity contribution in [3.8, 4) is 28.1 Å². The smallest absolute Gasteiger partial charge is 0.254 e. The van der Waals surface area contributed by atoms with Crippen LogP contribution in [0.1, 0.15) is 30.6 Å². The van der Waals surface area contributed by atoms with Crippen LogP contribution in [0.2, 0.25) is 0 Å². The Morgan fingerprint density at radius 3 is 2.07 bits per heavy atom. The average molecular weight is 578 g/mol. The van der Waals surface area contributed by atoms with E-state index in [1.807, 2.05) is 35.2 Å². The molecule has 0 spiro atoms. The minimum absolute atomic E-state index is 0.0369. The molecule has 1 aromatic heterocycles. The van der Waals surface area contributed by atoms with E-state index in [1.54, 1.807) is 36.3 Å². The van der Waals surface area contributed by atoms with Gasteiger partial charge in [0.2, 0.25) is 5.91 Å². The minimum atomic E-state index is -0.139. The zero-order valence-electron chi connectivity index (χ0n) is 25.1. The molecule has 43 heavy (non-hydrogen) atoms. The molecule has 0 aliphatic carbocycles. The Morgan fingerprint density at radius 1 is 0.814 bits per heavy atom. The molecule has 5 rings (SSSR count). The highest BCUT2D eigenvalue weighted by molar-refractivity contribution is 5.96. The lowest BCUT2D eigenvalue weighted by Gasteiger charge is -2.36. The molecule has 222 valence electrons. The maximum Gasteiger partial charge on any atom is 0.254 e. The van der Waals surface area contributed by atoms with Crippen molar-refractivity contribution in [3.63, 3.8) is 0 Å². The number of amides is 2. The quantitative estimate of drug-likeness (QED) is 0.242. The first kappa shape index (κ1) is 29.8. The van der Waals surface area contributed by atoms with Gasteiger partial charge in [-0.15, -0.1) is 10.2 Å². The highest BCUT2D eigenvalue weighted by Crippen LogP contribution is 2.24. The lowest BCUT2D eigenvalue weighted by atomic mass is 10.0. The van der Waals surface area contributed by atoms with Gasteiger partial charge in [-0.05, 0) is 53.4 Å². The molecule has 2 heterocycles. The summed E-state index contributed by atoms with van der Waals surface area (Å²) in [5, 5.41) is 8.99. The van der Waals surface area contributed by atoms with Crippen molar-refractivity contribution in [3.05, 3.63) is 96.6 Å². The number of anilines is 1. The number of methoxy groups -OCH3 is 1. The van der Waals surface area contributed by atoms with Crippen molar-refractivity contribution in [1.29, 1.82) is 0 Å². The van der Waals surface area contributed by atoms with Gasteiger partial charge >= 0.3 is 0 Å². The molecular weight excluding hydrogens is 538 g/mol. The van der Waals surface area contributed by atoms with Gasteiger partial charge in [-0.3, -0.25) is 9.59 Å². The van der Waals surface area contributed by atoms with Gasteiger partial charge in [-0.25, -0.2) is 0 Å². The fraction of sp³-hybridized carbons (Fsp3) is 0.314. The number of ether oxygens (including phenoxy) is 1. The number of piperazine rings is 1. The van der Waals surface area contributed by atoms with Crippen LogP contribution in [0, 0.1) is 5.92 Å². The monoisotopic (exact) mass is 577 g/mol. The second kappa shape index (κ2) is 14.0. The summed E-state index contributed by atoms with van der Waals surface area (Å²) < 4.78 is 5.22. The number of hydrogen-bond donors (Lipinski definition) is 0. The Labute approximate surface area is 253 Å². The molecule has 1 fully saturated rings. The van der Waals surface area contributed by atoms with Gasteiger partial charge in [0.15, 0.2) is 5.82 Å². The van der Waals surface area contributed by atoms with Crippen molar-refractivity contribution in [1.82, 2.24) is 20.0 Å². The van der Waals surface area contributed by atoms with E-state index in [9.17, 15) is 9.59 Å². The first-order valence-corrected chi connectivity index (χ1v) is 14.9. The summed E-state index contributed by atoms with van der Waals surface area (Å²) in [6.07, 6.45) is 0.929. The Morgan fingerprint density at radius 2 is 1.47 bits per heavy atom. The van der Waals surface area contributed by atoms with E-state index >= 15 is 0 Å². The maximum absolute atomic E-state index is 13.4. The SMILES string of the molecule is CC[C@H](C)CN(CC(=O)N1CCN(c2ccc(-c3ccc(-c4ccccc4)cc3)nn2)CC1)C(=O)c1ccc(OC)cc1. The Bertz CT molecular complexity index is 1480.